The quantitative estimate of drug-likeness (QED) is 0.510. The van der Waals surface area contributed by atoms with E-state index in [4.69, 9.17) is 21.3 Å². The minimum atomic E-state index is -0.0559. The molecule has 1 aliphatic heterocycles. The van der Waals surface area contributed by atoms with E-state index in [0.717, 1.165) is 27.9 Å². The fourth-order valence-corrected chi connectivity index (χ4v) is 5.02. The maximum atomic E-state index is 13.5. The Hall–Kier alpha value is -2.48. The molecule has 1 aliphatic rings. The van der Waals surface area contributed by atoms with Crippen molar-refractivity contribution in [1.82, 2.24) is 15.2 Å². The van der Waals surface area contributed by atoms with Gasteiger partial charge < -0.3 is 15.0 Å². The molecule has 3 heterocycles. The van der Waals surface area contributed by atoms with Gasteiger partial charge in [0.2, 0.25) is 5.91 Å². The number of amides is 2. The average Bonchev–Trinajstić information content (AvgIpc) is 3.27. The second-order valence-corrected chi connectivity index (χ2v) is 9.59. The van der Waals surface area contributed by atoms with Crippen molar-refractivity contribution in [1.29, 1.82) is 0 Å². The van der Waals surface area contributed by atoms with Gasteiger partial charge in [0, 0.05) is 44.7 Å². The molecule has 32 heavy (non-hydrogen) atoms. The number of hydrogen-bond donors (Lipinski definition) is 1. The number of hydrogen-bond acceptors (Lipinski definition) is 5. The van der Waals surface area contributed by atoms with Gasteiger partial charge >= 0.3 is 0 Å². The van der Waals surface area contributed by atoms with Crippen LogP contribution in [0.2, 0.25) is 4.34 Å². The second kappa shape index (κ2) is 10.4. The molecule has 1 N–H and O–H groups in total. The number of benzene rings is 1. The molecule has 0 bridgehead atoms. The van der Waals surface area contributed by atoms with Crippen molar-refractivity contribution in [3.05, 3.63) is 52.4 Å². The van der Waals surface area contributed by atoms with E-state index in [1.54, 1.807) is 7.11 Å². The molecule has 1 saturated heterocycles. The Morgan fingerprint density at radius 1 is 1.22 bits per heavy atom. The van der Waals surface area contributed by atoms with Gasteiger partial charge in [0.25, 0.3) is 5.91 Å². The van der Waals surface area contributed by atoms with Crippen LogP contribution in [0.15, 0.2) is 42.5 Å². The van der Waals surface area contributed by atoms with Gasteiger partial charge in [-0.3, -0.25) is 9.59 Å². The summed E-state index contributed by atoms with van der Waals surface area (Å²) in [6, 6.07) is 13.3. The first-order valence-electron chi connectivity index (χ1n) is 10.8. The SMILES string of the molecule is COCCCNC(=O)C1CCN(C(=O)c2cc(-c3ccc(Cl)s3)nc3ccccc23)CC1. The Kier molecular flexibility index (Phi) is 7.40. The molecule has 0 radical (unpaired) electrons. The van der Waals surface area contributed by atoms with E-state index in [-0.39, 0.29) is 17.7 Å². The lowest BCUT2D eigenvalue weighted by Crippen LogP contribution is -2.43. The molecule has 2 aromatic heterocycles. The molecular weight excluding hydrogens is 446 g/mol. The zero-order chi connectivity index (χ0) is 22.5. The summed E-state index contributed by atoms with van der Waals surface area (Å²) in [6.45, 7) is 2.37. The van der Waals surface area contributed by atoms with Crippen molar-refractivity contribution in [3.63, 3.8) is 0 Å². The zero-order valence-electron chi connectivity index (χ0n) is 18.0. The smallest absolute Gasteiger partial charge is 0.254 e. The summed E-state index contributed by atoms with van der Waals surface area (Å²) >= 11 is 7.56. The van der Waals surface area contributed by atoms with E-state index in [2.05, 4.69) is 5.32 Å². The van der Waals surface area contributed by atoms with Crippen molar-refractivity contribution >= 4 is 45.7 Å². The molecule has 0 spiro atoms. The summed E-state index contributed by atoms with van der Waals surface area (Å²) in [5, 5.41) is 3.81. The number of piperidine rings is 1. The van der Waals surface area contributed by atoms with Crippen LogP contribution in [0.5, 0.6) is 0 Å². The predicted molar refractivity (Wildman–Crippen MR) is 128 cm³/mol. The van der Waals surface area contributed by atoms with Crippen LogP contribution in [0, 0.1) is 5.92 Å². The summed E-state index contributed by atoms with van der Waals surface area (Å²) < 4.78 is 5.70. The number of aromatic nitrogens is 1. The fraction of sp³-hybridized carbons (Fsp3) is 0.375. The Morgan fingerprint density at radius 3 is 2.72 bits per heavy atom. The Morgan fingerprint density at radius 2 is 2.00 bits per heavy atom. The standard InChI is InChI=1S/C24H26ClN3O3S/c1-31-14-4-11-26-23(29)16-9-12-28(13-10-16)24(30)18-15-20(21-7-8-22(25)32-21)27-19-6-3-2-5-17(18)19/h2-3,5-8,15-16H,4,9-14H2,1H3,(H,26,29). The Labute approximate surface area is 196 Å². The molecular formula is C24H26ClN3O3S. The molecule has 3 aromatic rings. The van der Waals surface area contributed by atoms with Crippen LogP contribution in [0.25, 0.3) is 21.5 Å². The highest BCUT2D eigenvalue weighted by molar-refractivity contribution is 7.19. The first-order valence-corrected chi connectivity index (χ1v) is 12.0. The van der Waals surface area contributed by atoms with Crippen molar-refractivity contribution in [3.8, 4) is 10.6 Å². The molecule has 1 aromatic carbocycles. The third-order valence-electron chi connectivity index (χ3n) is 5.75. The van der Waals surface area contributed by atoms with E-state index >= 15 is 0 Å². The molecule has 168 valence electrons. The molecule has 0 unspecified atom stereocenters. The van der Waals surface area contributed by atoms with Crippen molar-refractivity contribution in [2.24, 2.45) is 5.92 Å². The fourth-order valence-electron chi connectivity index (χ4n) is 4.02. The monoisotopic (exact) mass is 471 g/mol. The molecule has 0 atom stereocenters. The van der Waals surface area contributed by atoms with E-state index < -0.39 is 0 Å². The second-order valence-electron chi connectivity index (χ2n) is 7.88. The lowest BCUT2D eigenvalue weighted by atomic mass is 9.95. The van der Waals surface area contributed by atoms with Gasteiger partial charge in [-0.15, -0.1) is 11.3 Å². The number of ether oxygens (including phenoxy) is 1. The summed E-state index contributed by atoms with van der Waals surface area (Å²) in [5.41, 5.74) is 2.16. The summed E-state index contributed by atoms with van der Waals surface area (Å²) in [7, 11) is 1.65. The van der Waals surface area contributed by atoms with E-state index in [0.29, 0.717) is 49.0 Å². The highest BCUT2D eigenvalue weighted by Crippen LogP contribution is 2.33. The van der Waals surface area contributed by atoms with Gasteiger partial charge in [-0.05, 0) is 43.5 Å². The van der Waals surface area contributed by atoms with E-state index in [1.165, 1.54) is 11.3 Å². The van der Waals surface area contributed by atoms with Gasteiger partial charge in [-0.2, -0.15) is 0 Å². The third kappa shape index (κ3) is 5.11. The number of rotatable bonds is 7. The van der Waals surface area contributed by atoms with Gasteiger partial charge in [-0.25, -0.2) is 4.98 Å². The maximum absolute atomic E-state index is 13.5. The predicted octanol–water partition coefficient (Wildman–Crippen LogP) is 4.62. The highest BCUT2D eigenvalue weighted by atomic mass is 35.5. The molecule has 6 nitrogen and oxygen atoms in total. The van der Waals surface area contributed by atoms with Crippen LogP contribution < -0.4 is 5.32 Å². The van der Waals surface area contributed by atoms with Crippen LogP contribution in [0.4, 0.5) is 0 Å². The summed E-state index contributed by atoms with van der Waals surface area (Å²) in [5.74, 6) is -0.00882. The number of carbonyl (C=O) groups excluding carboxylic acids is 2. The van der Waals surface area contributed by atoms with Crippen LogP contribution >= 0.6 is 22.9 Å². The zero-order valence-corrected chi connectivity index (χ0v) is 19.5. The first-order chi connectivity index (χ1) is 15.6. The average molecular weight is 472 g/mol. The lowest BCUT2D eigenvalue weighted by molar-refractivity contribution is -0.126. The molecule has 2 amide bonds. The minimum absolute atomic E-state index is 0.0218. The number of likely N-dealkylation sites (tertiary alicyclic amines) is 1. The topological polar surface area (TPSA) is 71.5 Å². The summed E-state index contributed by atoms with van der Waals surface area (Å²) in [4.78, 5) is 33.4. The van der Waals surface area contributed by atoms with Gasteiger partial charge in [0.05, 0.1) is 26.0 Å². The van der Waals surface area contributed by atoms with Crippen LogP contribution in [0.1, 0.15) is 29.6 Å². The molecule has 0 aliphatic carbocycles. The van der Waals surface area contributed by atoms with Crippen LogP contribution in [-0.2, 0) is 9.53 Å². The number of halogens is 1. The van der Waals surface area contributed by atoms with Gasteiger partial charge in [0.1, 0.15) is 0 Å². The van der Waals surface area contributed by atoms with Crippen molar-refractivity contribution in [2.75, 3.05) is 33.4 Å². The number of pyridine rings is 1. The highest BCUT2D eigenvalue weighted by Gasteiger charge is 2.28. The van der Waals surface area contributed by atoms with Crippen LogP contribution in [0.3, 0.4) is 0 Å². The maximum Gasteiger partial charge on any atom is 0.254 e. The number of nitrogens with one attached hydrogen (secondary N) is 1. The molecule has 1 fully saturated rings. The van der Waals surface area contributed by atoms with E-state index in [1.807, 2.05) is 47.4 Å². The number of nitrogens with zero attached hydrogens (tertiary/aromatic N) is 2. The minimum Gasteiger partial charge on any atom is -0.385 e. The third-order valence-corrected chi connectivity index (χ3v) is 7.00. The van der Waals surface area contributed by atoms with Crippen molar-refractivity contribution in [2.45, 2.75) is 19.3 Å². The lowest BCUT2D eigenvalue weighted by Gasteiger charge is -2.31. The van der Waals surface area contributed by atoms with Crippen molar-refractivity contribution < 1.29 is 14.3 Å². The normalized spacial score (nSPS) is 14.6. The number of thiophene rings is 1. The largest absolute Gasteiger partial charge is 0.385 e. The molecule has 0 saturated carbocycles. The van der Waals surface area contributed by atoms with Gasteiger partial charge in [0.15, 0.2) is 0 Å². The number of carbonyl (C=O) groups is 2. The van der Waals surface area contributed by atoms with E-state index in [9.17, 15) is 9.59 Å². The Balaban J connectivity index is 1.49. The molecule has 4 rings (SSSR count). The van der Waals surface area contributed by atoms with Crippen LogP contribution in [-0.4, -0.2) is 55.0 Å². The number of fused-ring (bicyclic) bond motifs is 1. The molecule has 8 heteroatoms. The number of methoxy groups -OCH3 is 1. The number of para-hydroxylation sites is 1. The Bertz CT molecular complexity index is 1110. The first kappa shape index (κ1) is 22.7. The van der Waals surface area contributed by atoms with Gasteiger partial charge in [-0.1, -0.05) is 29.8 Å². The summed E-state index contributed by atoms with van der Waals surface area (Å²) in [6.07, 6.45) is 2.13.